The molecule has 2 fully saturated rings. The molecule has 0 aliphatic carbocycles. The number of carbonyl (C=O) groups is 2. The van der Waals surface area contributed by atoms with E-state index in [4.69, 9.17) is 0 Å². The van der Waals surface area contributed by atoms with E-state index in [1.54, 1.807) is 0 Å². The van der Waals surface area contributed by atoms with Crippen LogP contribution in [0.15, 0.2) is 0 Å². The molecule has 6 nitrogen and oxygen atoms in total. The van der Waals surface area contributed by atoms with Crippen molar-refractivity contribution in [3.63, 3.8) is 0 Å². The van der Waals surface area contributed by atoms with E-state index in [2.05, 4.69) is 4.90 Å². The van der Waals surface area contributed by atoms with Gasteiger partial charge in [-0.2, -0.15) is 0 Å². The molecule has 0 N–H and O–H groups in total. The number of likely N-dealkylation sites (tertiary alicyclic amines) is 2. The van der Waals surface area contributed by atoms with Gasteiger partial charge in [0.15, 0.2) is 0 Å². The highest BCUT2D eigenvalue weighted by Gasteiger charge is 2.52. The molecule has 2 heterocycles. The van der Waals surface area contributed by atoms with E-state index in [0.717, 1.165) is 24.2 Å². The Labute approximate surface area is 113 Å². The molecule has 2 rings (SSSR count). The van der Waals surface area contributed by atoms with E-state index in [9.17, 15) is 18.0 Å². The van der Waals surface area contributed by atoms with Crippen molar-refractivity contribution in [3.8, 4) is 0 Å². The maximum atomic E-state index is 12.4. The van der Waals surface area contributed by atoms with Crippen LogP contribution in [0.1, 0.15) is 19.3 Å². The second kappa shape index (κ2) is 4.86. The van der Waals surface area contributed by atoms with Crippen molar-refractivity contribution in [2.75, 3.05) is 38.7 Å². The fourth-order valence-corrected chi connectivity index (χ4v) is 3.29. The number of carbonyl (C=O) groups excluding carboxylic acids is 2. The maximum absolute atomic E-state index is 12.4. The van der Waals surface area contributed by atoms with Gasteiger partial charge < -0.3 is 4.90 Å². The van der Waals surface area contributed by atoms with Crippen LogP contribution in [0.25, 0.3) is 0 Å². The first kappa shape index (κ1) is 14.5. The standard InChI is InChI=1S/C12H20N2O4S/c1-13-5-3-12(4-6-13)9-10(15)14(11(12)16)7-8-19(2,17)18/h3-9H2,1-2H3. The van der Waals surface area contributed by atoms with Crippen LogP contribution in [0.3, 0.4) is 0 Å². The molecule has 0 aromatic rings. The second-order valence-corrected chi connectivity index (χ2v) is 8.00. The molecule has 2 aliphatic heterocycles. The Hall–Kier alpha value is -0.950. The molecule has 2 aliphatic rings. The number of sulfone groups is 1. The van der Waals surface area contributed by atoms with Gasteiger partial charge in [-0.25, -0.2) is 8.42 Å². The summed E-state index contributed by atoms with van der Waals surface area (Å²) in [4.78, 5) is 27.6. The van der Waals surface area contributed by atoms with Crippen molar-refractivity contribution < 1.29 is 18.0 Å². The van der Waals surface area contributed by atoms with Crippen LogP contribution in [0.4, 0.5) is 0 Å². The third kappa shape index (κ3) is 2.97. The highest BCUT2D eigenvalue weighted by molar-refractivity contribution is 7.90. The lowest BCUT2D eigenvalue weighted by Crippen LogP contribution is -2.44. The fourth-order valence-electron chi connectivity index (χ4n) is 2.78. The molecule has 2 amide bonds. The Kier molecular flexibility index (Phi) is 3.70. The Morgan fingerprint density at radius 3 is 2.32 bits per heavy atom. The van der Waals surface area contributed by atoms with E-state index >= 15 is 0 Å². The lowest BCUT2D eigenvalue weighted by Gasteiger charge is -2.35. The average molecular weight is 288 g/mol. The smallest absolute Gasteiger partial charge is 0.236 e. The van der Waals surface area contributed by atoms with Crippen molar-refractivity contribution >= 4 is 21.7 Å². The van der Waals surface area contributed by atoms with Crippen molar-refractivity contribution in [1.82, 2.24) is 9.80 Å². The van der Waals surface area contributed by atoms with Gasteiger partial charge in [0.2, 0.25) is 11.8 Å². The molecule has 0 unspecified atom stereocenters. The maximum Gasteiger partial charge on any atom is 0.236 e. The number of hydrogen-bond acceptors (Lipinski definition) is 5. The van der Waals surface area contributed by atoms with Crippen LogP contribution in [0.2, 0.25) is 0 Å². The minimum Gasteiger partial charge on any atom is -0.306 e. The SMILES string of the molecule is CN1CCC2(CC1)CC(=O)N(CCS(C)(=O)=O)C2=O. The predicted octanol–water partition coefficient (Wildman–Crippen LogP) is -0.498. The Balaban J connectivity index is 2.08. The topological polar surface area (TPSA) is 74.8 Å². The van der Waals surface area contributed by atoms with Gasteiger partial charge in [0.25, 0.3) is 0 Å². The van der Waals surface area contributed by atoms with Crippen LogP contribution in [0, 0.1) is 5.41 Å². The quantitative estimate of drug-likeness (QED) is 0.655. The molecule has 0 aromatic carbocycles. The van der Waals surface area contributed by atoms with Crippen LogP contribution in [-0.4, -0.2) is 68.7 Å². The van der Waals surface area contributed by atoms with Gasteiger partial charge >= 0.3 is 0 Å². The molecule has 108 valence electrons. The number of piperidine rings is 1. The normalized spacial score (nSPS) is 24.4. The molecule has 1 spiro atoms. The zero-order valence-electron chi connectivity index (χ0n) is 11.4. The molecule has 2 saturated heterocycles. The molecule has 7 heteroatoms. The number of amides is 2. The number of imide groups is 1. The van der Waals surface area contributed by atoms with Crippen molar-refractivity contribution in [3.05, 3.63) is 0 Å². The van der Waals surface area contributed by atoms with Gasteiger partial charge in [-0.1, -0.05) is 0 Å². The summed E-state index contributed by atoms with van der Waals surface area (Å²) in [5, 5.41) is 0. The zero-order valence-corrected chi connectivity index (χ0v) is 12.2. The molecule has 0 bridgehead atoms. The van der Waals surface area contributed by atoms with Crippen LogP contribution >= 0.6 is 0 Å². The lowest BCUT2D eigenvalue weighted by atomic mass is 9.77. The monoisotopic (exact) mass is 288 g/mol. The molecular weight excluding hydrogens is 268 g/mol. The molecule has 0 aromatic heterocycles. The first-order valence-electron chi connectivity index (χ1n) is 6.45. The van der Waals surface area contributed by atoms with Gasteiger partial charge in [0, 0.05) is 19.2 Å². The Morgan fingerprint density at radius 1 is 1.21 bits per heavy atom. The minimum atomic E-state index is -3.16. The first-order valence-corrected chi connectivity index (χ1v) is 8.51. The molecular formula is C12H20N2O4S. The van der Waals surface area contributed by atoms with Crippen molar-refractivity contribution in [2.45, 2.75) is 19.3 Å². The molecule has 0 saturated carbocycles. The number of hydrogen-bond donors (Lipinski definition) is 0. The zero-order chi connectivity index (χ0) is 14.3. The Bertz CT molecular complexity index is 492. The van der Waals surface area contributed by atoms with Crippen LogP contribution < -0.4 is 0 Å². The Morgan fingerprint density at radius 2 is 1.79 bits per heavy atom. The summed E-state index contributed by atoms with van der Waals surface area (Å²) in [5.74, 6) is -0.548. The van der Waals surface area contributed by atoms with E-state index in [1.165, 1.54) is 0 Å². The van der Waals surface area contributed by atoms with Crippen molar-refractivity contribution in [1.29, 1.82) is 0 Å². The summed E-state index contributed by atoms with van der Waals surface area (Å²) in [7, 11) is -1.17. The number of rotatable bonds is 3. The second-order valence-electron chi connectivity index (χ2n) is 5.74. The fraction of sp³-hybridized carbons (Fsp3) is 0.833. The van der Waals surface area contributed by atoms with Crippen LogP contribution in [0.5, 0.6) is 0 Å². The van der Waals surface area contributed by atoms with E-state index in [0.29, 0.717) is 12.8 Å². The largest absolute Gasteiger partial charge is 0.306 e. The summed E-state index contributed by atoms with van der Waals surface area (Å²) >= 11 is 0. The summed E-state index contributed by atoms with van der Waals surface area (Å²) in [5.41, 5.74) is -0.568. The molecule has 0 atom stereocenters. The van der Waals surface area contributed by atoms with E-state index in [-0.39, 0.29) is 30.5 Å². The summed E-state index contributed by atoms with van der Waals surface area (Å²) < 4.78 is 22.3. The summed E-state index contributed by atoms with van der Waals surface area (Å²) in [6.45, 7) is 1.60. The molecule has 0 radical (unpaired) electrons. The molecule has 19 heavy (non-hydrogen) atoms. The third-order valence-electron chi connectivity index (χ3n) is 4.12. The lowest BCUT2D eigenvalue weighted by molar-refractivity contribution is -0.142. The van der Waals surface area contributed by atoms with E-state index in [1.807, 2.05) is 7.05 Å². The van der Waals surface area contributed by atoms with Gasteiger partial charge in [0.1, 0.15) is 9.84 Å². The number of nitrogens with zero attached hydrogens (tertiary/aromatic N) is 2. The third-order valence-corrected chi connectivity index (χ3v) is 5.04. The highest BCUT2D eigenvalue weighted by atomic mass is 32.2. The van der Waals surface area contributed by atoms with Crippen LogP contribution in [-0.2, 0) is 19.4 Å². The van der Waals surface area contributed by atoms with E-state index < -0.39 is 15.3 Å². The van der Waals surface area contributed by atoms with Gasteiger partial charge in [-0.05, 0) is 33.0 Å². The summed E-state index contributed by atoms with van der Waals surface area (Å²) in [6.07, 6.45) is 2.72. The predicted molar refractivity (Wildman–Crippen MR) is 70.2 cm³/mol. The van der Waals surface area contributed by atoms with Gasteiger partial charge in [-0.3, -0.25) is 14.5 Å². The first-order chi connectivity index (χ1) is 8.73. The summed E-state index contributed by atoms with van der Waals surface area (Å²) in [6, 6.07) is 0. The minimum absolute atomic E-state index is 0.00586. The van der Waals surface area contributed by atoms with Gasteiger partial charge in [0.05, 0.1) is 11.2 Å². The average Bonchev–Trinajstić information content (AvgIpc) is 2.52. The van der Waals surface area contributed by atoms with Crippen molar-refractivity contribution in [2.24, 2.45) is 5.41 Å². The van der Waals surface area contributed by atoms with Gasteiger partial charge in [-0.15, -0.1) is 0 Å². The highest BCUT2D eigenvalue weighted by Crippen LogP contribution is 2.41.